The molecule has 7 rings (SSSR count). The zero-order valence-corrected chi connectivity index (χ0v) is 31.5. The maximum absolute atomic E-state index is 14.3. The number of hydrogen-bond acceptors (Lipinski definition) is 6. The number of para-hydroxylation sites is 2. The van der Waals surface area contributed by atoms with E-state index >= 15 is 0 Å². The quantitative estimate of drug-likeness (QED) is 0.136. The molecule has 9 nitrogen and oxygen atoms in total. The molecule has 0 spiro atoms. The lowest BCUT2D eigenvalue weighted by Crippen LogP contribution is -2.56. The number of methoxy groups -OCH3 is 1. The molecule has 1 saturated heterocycles. The predicted molar refractivity (Wildman–Crippen MR) is 209 cm³/mol. The molecule has 0 aromatic heterocycles. The van der Waals surface area contributed by atoms with Crippen molar-refractivity contribution in [1.82, 2.24) is 15.5 Å². The van der Waals surface area contributed by atoms with Crippen LogP contribution in [0.3, 0.4) is 0 Å². The molecule has 9 heteroatoms. The molecule has 4 aromatic rings. The van der Waals surface area contributed by atoms with Crippen molar-refractivity contribution in [2.24, 2.45) is 11.8 Å². The Morgan fingerprint density at radius 2 is 1.44 bits per heavy atom. The van der Waals surface area contributed by atoms with Crippen molar-refractivity contribution in [2.45, 2.75) is 63.3 Å². The number of benzene rings is 4. The van der Waals surface area contributed by atoms with Crippen LogP contribution in [0.15, 0.2) is 97.1 Å². The maximum atomic E-state index is 14.3. The molecule has 2 N–H and O–H groups in total. The smallest absolute Gasteiger partial charge is 0.409 e. The van der Waals surface area contributed by atoms with Gasteiger partial charge >= 0.3 is 6.09 Å². The summed E-state index contributed by atoms with van der Waals surface area (Å²) in [7, 11) is 1.71. The van der Waals surface area contributed by atoms with Crippen LogP contribution >= 0.6 is 0 Å². The summed E-state index contributed by atoms with van der Waals surface area (Å²) in [5, 5.41) is 6.46. The first-order valence-corrected chi connectivity index (χ1v) is 19.3. The number of carbonyl (C=O) groups is 3. The lowest BCUT2D eigenvalue weighted by atomic mass is 9.69. The second kappa shape index (κ2) is 16.5. The number of rotatable bonds is 13. The number of nitrogens with zero attached hydrogens (tertiary/aromatic N) is 1. The highest BCUT2D eigenvalue weighted by molar-refractivity contribution is 5.82. The molecule has 2 aliphatic heterocycles. The summed E-state index contributed by atoms with van der Waals surface area (Å²) in [6.07, 6.45) is 2.84. The van der Waals surface area contributed by atoms with E-state index in [0.29, 0.717) is 26.0 Å². The van der Waals surface area contributed by atoms with E-state index in [2.05, 4.69) is 47.0 Å². The molecular weight excluding hydrogens is 679 g/mol. The average molecular weight is 730 g/mol. The molecule has 0 unspecified atom stereocenters. The molecule has 1 aliphatic carbocycles. The third-order valence-corrected chi connectivity index (χ3v) is 11.2. The van der Waals surface area contributed by atoms with Gasteiger partial charge < -0.3 is 29.7 Å². The van der Waals surface area contributed by atoms with Gasteiger partial charge in [0.2, 0.25) is 11.8 Å². The van der Waals surface area contributed by atoms with Crippen molar-refractivity contribution < 1.29 is 28.6 Å². The topological polar surface area (TPSA) is 106 Å². The Hall–Kier alpha value is -5.15. The van der Waals surface area contributed by atoms with Gasteiger partial charge in [-0.2, -0.15) is 0 Å². The van der Waals surface area contributed by atoms with Crippen molar-refractivity contribution in [1.29, 1.82) is 0 Å². The zero-order chi connectivity index (χ0) is 37.7. The van der Waals surface area contributed by atoms with Crippen LogP contribution in [0.25, 0.3) is 11.1 Å². The fourth-order valence-corrected chi connectivity index (χ4v) is 8.65. The lowest BCUT2D eigenvalue weighted by Gasteiger charge is -2.41. The van der Waals surface area contributed by atoms with Gasteiger partial charge in [0.15, 0.2) is 0 Å². The minimum absolute atomic E-state index is 0.0860. The number of amides is 3. The number of fused-ring (bicyclic) bond motifs is 5. The summed E-state index contributed by atoms with van der Waals surface area (Å²) < 4.78 is 17.8. The Morgan fingerprint density at radius 3 is 2.07 bits per heavy atom. The molecule has 4 aromatic carbocycles. The monoisotopic (exact) mass is 729 g/mol. The second-order valence-electron chi connectivity index (χ2n) is 15.3. The van der Waals surface area contributed by atoms with Crippen LogP contribution < -0.4 is 15.4 Å². The number of unbranched alkanes of at least 4 members (excludes halogenated alkanes) is 1. The summed E-state index contributed by atoms with van der Waals surface area (Å²) in [5.74, 6) is 0.849. The van der Waals surface area contributed by atoms with E-state index in [4.69, 9.17) is 14.2 Å². The molecule has 0 saturated carbocycles. The van der Waals surface area contributed by atoms with Crippen LogP contribution in [0, 0.1) is 11.8 Å². The molecule has 2 heterocycles. The van der Waals surface area contributed by atoms with Gasteiger partial charge in [0.05, 0.1) is 5.92 Å². The van der Waals surface area contributed by atoms with Crippen molar-refractivity contribution in [3.63, 3.8) is 0 Å². The Morgan fingerprint density at radius 1 is 0.833 bits per heavy atom. The molecule has 3 aliphatic rings. The number of nitrogens with one attached hydrogen (secondary N) is 2. The van der Waals surface area contributed by atoms with Gasteiger partial charge in [-0.1, -0.05) is 98.8 Å². The normalized spacial score (nSPS) is 18.1. The standard InChI is InChI=1S/C45H51N3O6/c1-30(2)24-42(49)47-32-25-31(26-48(27-32)44(51)53-28-37-35-16-6-4-14-33(35)34-15-5-7-17-36(34)37)43(50)46-29-45(22-12-13-23-52-3)38-18-8-10-20-40(38)54-41-21-11-9-19-39(41)45/h4-11,14-21,30-32,37H,12-13,22-29H2,1-3H3,(H,46,50)(H,47,49)/t31-,32+/m0/s1. The summed E-state index contributed by atoms with van der Waals surface area (Å²) >= 11 is 0. The minimum Gasteiger partial charge on any atom is -0.457 e. The number of ether oxygens (including phenoxy) is 3. The fraction of sp³-hybridized carbons (Fsp3) is 0.400. The largest absolute Gasteiger partial charge is 0.457 e. The third-order valence-electron chi connectivity index (χ3n) is 11.2. The van der Waals surface area contributed by atoms with Gasteiger partial charge in [-0.25, -0.2) is 4.79 Å². The molecule has 1 fully saturated rings. The van der Waals surface area contributed by atoms with E-state index in [1.54, 1.807) is 12.0 Å². The summed E-state index contributed by atoms with van der Waals surface area (Å²) in [6.45, 7) is 5.63. The van der Waals surface area contributed by atoms with Crippen LogP contribution in [0.2, 0.25) is 0 Å². The number of piperidine rings is 1. The van der Waals surface area contributed by atoms with Gasteiger partial charge in [0.25, 0.3) is 0 Å². The number of carbonyl (C=O) groups excluding carboxylic acids is 3. The third kappa shape index (κ3) is 7.73. The average Bonchev–Trinajstić information content (AvgIpc) is 3.50. The van der Waals surface area contributed by atoms with Crippen LogP contribution in [0.1, 0.15) is 74.1 Å². The molecule has 0 bridgehead atoms. The van der Waals surface area contributed by atoms with Crippen LogP contribution in [0.4, 0.5) is 4.79 Å². The van der Waals surface area contributed by atoms with Crippen LogP contribution in [-0.4, -0.2) is 68.8 Å². The van der Waals surface area contributed by atoms with E-state index in [0.717, 1.165) is 64.1 Å². The van der Waals surface area contributed by atoms with Crippen molar-refractivity contribution in [2.75, 3.05) is 40.0 Å². The van der Waals surface area contributed by atoms with Crippen LogP contribution in [0.5, 0.6) is 11.5 Å². The van der Waals surface area contributed by atoms with Gasteiger partial charge in [-0.15, -0.1) is 0 Å². The first-order chi connectivity index (χ1) is 26.3. The first kappa shape index (κ1) is 37.2. The second-order valence-corrected chi connectivity index (χ2v) is 15.3. The molecule has 2 atom stereocenters. The highest BCUT2D eigenvalue weighted by Crippen LogP contribution is 2.50. The van der Waals surface area contributed by atoms with E-state index in [-0.39, 0.29) is 43.3 Å². The van der Waals surface area contributed by atoms with Crippen LogP contribution in [-0.2, 0) is 24.5 Å². The molecular formula is C45H51N3O6. The van der Waals surface area contributed by atoms with E-state index in [9.17, 15) is 14.4 Å². The zero-order valence-electron chi connectivity index (χ0n) is 31.5. The molecule has 0 radical (unpaired) electrons. The highest BCUT2D eigenvalue weighted by Gasteiger charge is 2.43. The number of likely N-dealkylation sites (tertiary alicyclic amines) is 1. The number of hydrogen-bond donors (Lipinski definition) is 2. The molecule has 282 valence electrons. The predicted octanol–water partition coefficient (Wildman–Crippen LogP) is 7.81. The Labute approximate surface area is 318 Å². The van der Waals surface area contributed by atoms with Crippen molar-refractivity contribution in [3.8, 4) is 22.6 Å². The molecule has 3 amide bonds. The van der Waals surface area contributed by atoms with E-state index in [1.807, 2.05) is 74.5 Å². The fourth-order valence-electron chi connectivity index (χ4n) is 8.65. The van der Waals surface area contributed by atoms with Gasteiger partial charge in [0.1, 0.15) is 18.1 Å². The summed E-state index contributed by atoms with van der Waals surface area (Å²) in [5.41, 5.74) is 6.10. The van der Waals surface area contributed by atoms with Gasteiger partial charge in [0, 0.05) is 68.3 Å². The van der Waals surface area contributed by atoms with Gasteiger partial charge in [-0.3, -0.25) is 9.59 Å². The highest BCUT2D eigenvalue weighted by atomic mass is 16.6. The minimum atomic E-state index is -0.556. The SMILES string of the molecule is COCCCCC1(CNC(=O)[C@H]2C[C@@H](NC(=O)CC(C)C)CN(C(=O)OCC3c4ccccc4-c4ccccc43)C2)c2ccccc2Oc2ccccc21. The lowest BCUT2D eigenvalue weighted by molar-refractivity contribution is -0.129. The van der Waals surface area contributed by atoms with Crippen molar-refractivity contribution in [3.05, 3.63) is 119 Å². The van der Waals surface area contributed by atoms with E-state index < -0.39 is 23.5 Å². The Balaban J connectivity index is 1.10. The van der Waals surface area contributed by atoms with Gasteiger partial charge in [-0.05, 0) is 66.0 Å². The summed E-state index contributed by atoms with van der Waals surface area (Å²) in [6, 6.07) is 32.2. The van der Waals surface area contributed by atoms with E-state index in [1.165, 1.54) is 0 Å². The first-order valence-electron chi connectivity index (χ1n) is 19.3. The maximum Gasteiger partial charge on any atom is 0.409 e. The Kier molecular flexibility index (Phi) is 11.3. The van der Waals surface area contributed by atoms with Crippen molar-refractivity contribution >= 4 is 17.9 Å². The molecule has 54 heavy (non-hydrogen) atoms. The Bertz CT molecular complexity index is 1890. The summed E-state index contributed by atoms with van der Waals surface area (Å²) in [4.78, 5) is 42.8.